The summed E-state index contributed by atoms with van der Waals surface area (Å²) in [7, 11) is 0. The Kier molecular flexibility index (Phi) is 7.08. The van der Waals surface area contributed by atoms with Crippen molar-refractivity contribution in [3.05, 3.63) is 0 Å². The summed E-state index contributed by atoms with van der Waals surface area (Å²) < 4.78 is 0. The molecule has 4 heteroatoms. The van der Waals surface area contributed by atoms with Gasteiger partial charge in [-0.15, -0.1) is 12.3 Å². The lowest BCUT2D eigenvalue weighted by atomic mass is 10.1. The van der Waals surface area contributed by atoms with Crippen LogP contribution < -0.4 is 5.32 Å². The predicted octanol–water partition coefficient (Wildman–Crippen LogP) is 1.02. The molecule has 0 heterocycles. The maximum absolute atomic E-state index is 11.1. The first kappa shape index (κ1) is 13.5. The SMILES string of the molecule is C#CCCCC(=O)NCC[C@H](C)C(=O)O. The van der Waals surface area contributed by atoms with Crippen molar-refractivity contribution in [3.8, 4) is 12.3 Å². The van der Waals surface area contributed by atoms with E-state index in [0.29, 0.717) is 32.2 Å². The van der Waals surface area contributed by atoms with Gasteiger partial charge in [-0.1, -0.05) is 6.92 Å². The predicted molar refractivity (Wildman–Crippen MR) is 57.1 cm³/mol. The Morgan fingerprint density at radius 3 is 2.73 bits per heavy atom. The molecule has 1 atom stereocenters. The van der Waals surface area contributed by atoms with Crippen LogP contribution in [0.15, 0.2) is 0 Å². The highest BCUT2D eigenvalue weighted by Crippen LogP contribution is 2.00. The third-order valence-electron chi connectivity index (χ3n) is 2.05. The first-order valence-electron chi connectivity index (χ1n) is 5.01. The lowest BCUT2D eigenvalue weighted by Gasteiger charge is -2.07. The van der Waals surface area contributed by atoms with Crippen LogP contribution in [0.1, 0.15) is 32.6 Å². The van der Waals surface area contributed by atoms with Gasteiger partial charge in [-0.25, -0.2) is 0 Å². The maximum Gasteiger partial charge on any atom is 0.306 e. The van der Waals surface area contributed by atoms with Crippen molar-refractivity contribution in [2.45, 2.75) is 32.6 Å². The Hall–Kier alpha value is -1.50. The molecule has 0 aromatic carbocycles. The van der Waals surface area contributed by atoms with E-state index in [9.17, 15) is 9.59 Å². The molecular weight excluding hydrogens is 194 g/mol. The van der Waals surface area contributed by atoms with Gasteiger partial charge in [0.05, 0.1) is 5.92 Å². The normalized spacial score (nSPS) is 11.5. The summed E-state index contributed by atoms with van der Waals surface area (Å²) in [5.74, 6) is 1.13. The van der Waals surface area contributed by atoms with Crippen LogP contribution in [0.4, 0.5) is 0 Å². The van der Waals surface area contributed by atoms with E-state index in [-0.39, 0.29) is 5.91 Å². The van der Waals surface area contributed by atoms with Crippen molar-refractivity contribution < 1.29 is 14.7 Å². The van der Waals surface area contributed by atoms with Crippen LogP contribution in [0, 0.1) is 18.3 Å². The van der Waals surface area contributed by atoms with Gasteiger partial charge in [0, 0.05) is 19.4 Å². The number of hydrogen-bond donors (Lipinski definition) is 2. The second-order valence-corrected chi connectivity index (χ2v) is 3.44. The molecule has 0 fully saturated rings. The largest absolute Gasteiger partial charge is 0.481 e. The quantitative estimate of drug-likeness (QED) is 0.488. The van der Waals surface area contributed by atoms with Gasteiger partial charge in [-0.05, 0) is 12.8 Å². The summed E-state index contributed by atoms with van der Waals surface area (Å²) in [5, 5.41) is 11.2. The molecule has 84 valence electrons. The fraction of sp³-hybridized carbons (Fsp3) is 0.636. The molecule has 0 radical (unpaired) electrons. The smallest absolute Gasteiger partial charge is 0.306 e. The first-order valence-corrected chi connectivity index (χ1v) is 5.01. The van der Waals surface area contributed by atoms with E-state index in [2.05, 4.69) is 11.2 Å². The van der Waals surface area contributed by atoms with Crippen molar-refractivity contribution in [2.24, 2.45) is 5.92 Å². The van der Waals surface area contributed by atoms with E-state index in [1.165, 1.54) is 0 Å². The zero-order valence-electron chi connectivity index (χ0n) is 8.95. The molecule has 2 N–H and O–H groups in total. The molecule has 0 spiro atoms. The minimum Gasteiger partial charge on any atom is -0.481 e. The third-order valence-corrected chi connectivity index (χ3v) is 2.05. The minimum atomic E-state index is -0.836. The Balaban J connectivity index is 3.47. The van der Waals surface area contributed by atoms with E-state index in [4.69, 9.17) is 11.5 Å². The van der Waals surface area contributed by atoms with E-state index >= 15 is 0 Å². The second-order valence-electron chi connectivity index (χ2n) is 3.44. The van der Waals surface area contributed by atoms with Gasteiger partial charge in [0.2, 0.25) is 5.91 Å². The molecule has 0 aliphatic carbocycles. The van der Waals surface area contributed by atoms with Crippen molar-refractivity contribution >= 4 is 11.9 Å². The Morgan fingerprint density at radius 1 is 1.53 bits per heavy atom. The lowest BCUT2D eigenvalue weighted by molar-refractivity contribution is -0.141. The average molecular weight is 211 g/mol. The van der Waals surface area contributed by atoms with Crippen molar-refractivity contribution in [1.82, 2.24) is 5.32 Å². The summed E-state index contributed by atoms with van der Waals surface area (Å²) in [4.78, 5) is 21.6. The highest BCUT2D eigenvalue weighted by Gasteiger charge is 2.10. The van der Waals surface area contributed by atoms with Crippen LogP contribution >= 0.6 is 0 Å². The van der Waals surface area contributed by atoms with Crippen LogP contribution in [0.25, 0.3) is 0 Å². The number of terminal acetylenes is 1. The zero-order valence-corrected chi connectivity index (χ0v) is 8.95. The van der Waals surface area contributed by atoms with E-state index < -0.39 is 11.9 Å². The maximum atomic E-state index is 11.1. The molecule has 0 aromatic heterocycles. The van der Waals surface area contributed by atoms with Crippen molar-refractivity contribution in [2.75, 3.05) is 6.54 Å². The first-order chi connectivity index (χ1) is 7.07. The van der Waals surface area contributed by atoms with Crippen LogP contribution in [-0.2, 0) is 9.59 Å². The summed E-state index contributed by atoms with van der Waals surface area (Å²) in [6, 6.07) is 0. The molecule has 0 bridgehead atoms. The number of aliphatic carboxylic acids is 1. The Morgan fingerprint density at radius 2 is 2.20 bits per heavy atom. The average Bonchev–Trinajstić information content (AvgIpc) is 2.18. The van der Waals surface area contributed by atoms with Crippen LogP contribution in [0.2, 0.25) is 0 Å². The number of nitrogens with one attached hydrogen (secondary N) is 1. The van der Waals surface area contributed by atoms with Crippen LogP contribution in [0.3, 0.4) is 0 Å². The molecule has 0 aliphatic rings. The Labute approximate surface area is 90.1 Å². The molecule has 0 saturated carbocycles. The fourth-order valence-corrected chi connectivity index (χ4v) is 0.991. The van der Waals surface area contributed by atoms with Gasteiger partial charge >= 0.3 is 5.97 Å². The molecule has 4 nitrogen and oxygen atoms in total. The van der Waals surface area contributed by atoms with Crippen LogP contribution in [0.5, 0.6) is 0 Å². The van der Waals surface area contributed by atoms with E-state index in [1.54, 1.807) is 6.92 Å². The van der Waals surface area contributed by atoms with E-state index in [0.717, 1.165) is 0 Å². The number of carboxylic acid groups (broad SMARTS) is 1. The molecule has 1 amide bonds. The van der Waals surface area contributed by atoms with Gasteiger partial charge in [0.1, 0.15) is 0 Å². The summed E-state index contributed by atoms with van der Waals surface area (Å²) in [6.45, 7) is 2.02. The fourth-order valence-electron chi connectivity index (χ4n) is 0.991. The number of carboxylic acids is 1. The lowest BCUT2D eigenvalue weighted by Crippen LogP contribution is -2.26. The van der Waals surface area contributed by atoms with Gasteiger partial charge in [0.25, 0.3) is 0 Å². The van der Waals surface area contributed by atoms with E-state index in [1.807, 2.05) is 0 Å². The molecule has 0 rings (SSSR count). The van der Waals surface area contributed by atoms with Crippen molar-refractivity contribution in [1.29, 1.82) is 0 Å². The third kappa shape index (κ3) is 7.56. The number of carbonyl (C=O) groups is 2. The topological polar surface area (TPSA) is 66.4 Å². The minimum absolute atomic E-state index is 0.0668. The summed E-state index contributed by atoms with van der Waals surface area (Å²) >= 11 is 0. The van der Waals surface area contributed by atoms with Gasteiger partial charge in [-0.2, -0.15) is 0 Å². The molecule has 0 aromatic rings. The van der Waals surface area contributed by atoms with Crippen molar-refractivity contribution in [3.63, 3.8) is 0 Å². The summed E-state index contributed by atoms with van der Waals surface area (Å²) in [6.07, 6.45) is 7.18. The summed E-state index contributed by atoms with van der Waals surface area (Å²) in [5.41, 5.74) is 0. The standard InChI is InChI=1S/C11H17NO3/c1-3-4-5-6-10(13)12-8-7-9(2)11(14)15/h1,9H,4-8H2,2H3,(H,12,13)(H,14,15)/t9-/m0/s1. The second kappa shape index (κ2) is 7.86. The number of hydrogen-bond acceptors (Lipinski definition) is 2. The molecular formula is C11H17NO3. The molecule has 0 aliphatic heterocycles. The molecule has 0 unspecified atom stereocenters. The number of rotatable bonds is 7. The number of unbranched alkanes of at least 4 members (excludes halogenated alkanes) is 1. The van der Waals surface area contributed by atoms with Crippen LogP contribution in [-0.4, -0.2) is 23.5 Å². The molecule has 15 heavy (non-hydrogen) atoms. The van der Waals surface area contributed by atoms with Gasteiger partial charge < -0.3 is 10.4 Å². The zero-order chi connectivity index (χ0) is 11.7. The monoisotopic (exact) mass is 211 g/mol. The highest BCUT2D eigenvalue weighted by atomic mass is 16.4. The van der Waals surface area contributed by atoms with Gasteiger partial charge in [-0.3, -0.25) is 9.59 Å². The molecule has 0 saturated heterocycles. The Bertz CT molecular complexity index is 255. The number of amides is 1. The van der Waals surface area contributed by atoms with Gasteiger partial charge in [0.15, 0.2) is 0 Å². The number of carbonyl (C=O) groups excluding carboxylic acids is 1. The highest BCUT2D eigenvalue weighted by molar-refractivity contribution is 5.76.